The fourth-order valence-electron chi connectivity index (χ4n) is 6.53. The van der Waals surface area contributed by atoms with Gasteiger partial charge in [-0.15, -0.1) is 0 Å². The summed E-state index contributed by atoms with van der Waals surface area (Å²) in [6.07, 6.45) is 9.37. The number of carbonyl (C=O) groups is 4. The van der Waals surface area contributed by atoms with Crippen LogP contribution in [0.2, 0.25) is 0 Å². The van der Waals surface area contributed by atoms with Crippen LogP contribution < -0.4 is 10.6 Å². The van der Waals surface area contributed by atoms with Crippen molar-refractivity contribution in [2.45, 2.75) is 143 Å². The summed E-state index contributed by atoms with van der Waals surface area (Å²) in [6.45, 7) is 17.4. The van der Waals surface area contributed by atoms with Crippen molar-refractivity contribution < 1.29 is 19.2 Å². The number of likely N-dealkylation sites (tertiary alicyclic amines) is 2. The van der Waals surface area contributed by atoms with Crippen molar-refractivity contribution in [2.24, 2.45) is 11.3 Å². The lowest BCUT2D eigenvalue weighted by Gasteiger charge is -2.41. The van der Waals surface area contributed by atoms with E-state index in [0.29, 0.717) is 18.5 Å². The summed E-state index contributed by atoms with van der Waals surface area (Å²) in [4.78, 5) is 59.8. The summed E-state index contributed by atoms with van der Waals surface area (Å²) in [5, 5.41) is 6.24. The molecule has 4 amide bonds. The van der Waals surface area contributed by atoms with E-state index in [1.807, 2.05) is 40.7 Å². The highest BCUT2D eigenvalue weighted by atomic mass is 16.2. The monoisotopic (exact) mass is 587 g/mol. The van der Waals surface area contributed by atoms with E-state index in [1.165, 1.54) is 0 Å². The Morgan fingerprint density at radius 2 is 1.50 bits per heavy atom. The maximum Gasteiger partial charge on any atom is 0.249 e. The summed E-state index contributed by atoms with van der Waals surface area (Å²) >= 11 is 0. The van der Waals surface area contributed by atoms with Gasteiger partial charge in [0.25, 0.3) is 0 Å². The number of amides is 4. The summed E-state index contributed by atoms with van der Waals surface area (Å²) in [7, 11) is 1.76. The first-order valence-corrected chi connectivity index (χ1v) is 16.3. The Balaban J connectivity index is 1.76. The average Bonchev–Trinajstić information content (AvgIpc) is 3.40. The van der Waals surface area contributed by atoms with Crippen LogP contribution in [0.3, 0.4) is 0 Å². The molecule has 42 heavy (non-hydrogen) atoms. The predicted molar refractivity (Wildman–Crippen MR) is 167 cm³/mol. The van der Waals surface area contributed by atoms with Gasteiger partial charge in [0.05, 0.1) is 12.1 Å². The van der Waals surface area contributed by atoms with Gasteiger partial charge in [0, 0.05) is 31.2 Å². The molecule has 238 valence electrons. The minimum atomic E-state index is -0.713. The lowest BCUT2D eigenvalue weighted by atomic mass is 9.84. The molecular weight excluding hydrogens is 530 g/mol. The van der Waals surface area contributed by atoms with Gasteiger partial charge < -0.3 is 20.4 Å². The SMILES string of the molecule is C/C(=C\[C@H](C(C)C)N(C)C(=O)C(NC(=O)C1CCCCN1C(C)C)C(C)(C)C)C(=O)N1CCCC1C(=O)NC1CCC1. The smallest absolute Gasteiger partial charge is 0.249 e. The van der Waals surface area contributed by atoms with Crippen molar-refractivity contribution in [3.05, 3.63) is 11.6 Å². The highest BCUT2D eigenvalue weighted by Gasteiger charge is 2.40. The van der Waals surface area contributed by atoms with Gasteiger partial charge in [-0.05, 0) is 83.6 Å². The van der Waals surface area contributed by atoms with E-state index in [0.717, 1.165) is 51.5 Å². The quantitative estimate of drug-likeness (QED) is 0.378. The third-order valence-corrected chi connectivity index (χ3v) is 9.41. The topological polar surface area (TPSA) is 102 Å². The number of nitrogens with one attached hydrogen (secondary N) is 2. The first-order valence-electron chi connectivity index (χ1n) is 16.3. The number of rotatable bonds is 10. The lowest BCUT2D eigenvalue weighted by molar-refractivity contribution is -0.142. The molecule has 3 fully saturated rings. The molecule has 0 radical (unpaired) electrons. The van der Waals surface area contributed by atoms with Gasteiger partial charge in [-0.3, -0.25) is 24.1 Å². The molecule has 2 heterocycles. The van der Waals surface area contributed by atoms with Crippen molar-refractivity contribution in [1.29, 1.82) is 0 Å². The van der Waals surface area contributed by atoms with Crippen LogP contribution in [0.1, 0.15) is 107 Å². The molecular formula is C33H57N5O4. The maximum absolute atomic E-state index is 14.1. The minimum Gasteiger partial charge on any atom is -0.352 e. The highest BCUT2D eigenvalue weighted by Crippen LogP contribution is 2.27. The molecule has 2 saturated heterocycles. The normalized spacial score (nSPS) is 23.9. The molecule has 0 bridgehead atoms. The van der Waals surface area contributed by atoms with Crippen LogP contribution in [0.5, 0.6) is 0 Å². The largest absolute Gasteiger partial charge is 0.352 e. The zero-order valence-corrected chi connectivity index (χ0v) is 27.7. The first-order chi connectivity index (χ1) is 19.6. The molecule has 2 N–H and O–H groups in total. The molecule has 3 aliphatic rings. The fourth-order valence-corrected chi connectivity index (χ4v) is 6.53. The third kappa shape index (κ3) is 8.14. The van der Waals surface area contributed by atoms with Crippen LogP contribution in [0.15, 0.2) is 11.6 Å². The molecule has 0 aromatic heterocycles. The maximum atomic E-state index is 14.1. The van der Waals surface area contributed by atoms with Gasteiger partial charge in [-0.1, -0.05) is 47.1 Å². The van der Waals surface area contributed by atoms with Crippen molar-refractivity contribution in [3.63, 3.8) is 0 Å². The van der Waals surface area contributed by atoms with Crippen LogP contribution in [0.4, 0.5) is 0 Å². The van der Waals surface area contributed by atoms with Gasteiger partial charge in [-0.25, -0.2) is 0 Å². The number of carbonyl (C=O) groups excluding carboxylic acids is 4. The number of likely N-dealkylation sites (N-methyl/N-ethyl adjacent to an activating group) is 1. The summed E-state index contributed by atoms with van der Waals surface area (Å²) in [6, 6.07) is -1.26. The molecule has 0 aromatic carbocycles. The van der Waals surface area contributed by atoms with Crippen LogP contribution >= 0.6 is 0 Å². The number of nitrogens with zero attached hydrogens (tertiary/aromatic N) is 3. The van der Waals surface area contributed by atoms with Gasteiger partial charge in [0.15, 0.2) is 0 Å². The van der Waals surface area contributed by atoms with E-state index >= 15 is 0 Å². The van der Waals surface area contributed by atoms with E-state index in [9.17, 15) is 19.2 Å². The Bertz CT molecular complexity index is 1010. The van der Waals surface area contributed by atoms with E-state index < -0.39 is 17.5 Å². The molecule has 4 atom stereocenters. The van der Waals surface area contributed by atoms with E-state index in [-0.39, 0.29) is 53.7 Å². The van der Waals surface area contributed by atoms with E-state index in [1.54, 1.807) is 23.8 Å². The molecule has 9 heteroatoms. The van der Waals surface area contributed by atoms with Crippen molar-refractivity contribution in [3.8, 4) is 0 Å². The van der Waals surface area contributed by atoms with Gasteiger partial charge in [-0.2, -0.15) is 0 Å². The van der Waals surface area contributed by atoms with Gasteiger partial charge in [0.2, 0.25) is 23.6 Å². The highest BCUT2D eigenvalue weighted by molar-refractivity contribution is 5.97. The fraction of sp³-hybridized carbons (Fsp3) is 0.818. The van der Waals surface area contributed by atoms with Crippen LogP contribution in [0, 0.1) is 11.3 Å². The second kappa shape index (κ2) is 14.4. The van der Waals surface area contributed by atoms with Crippen LogP contribution in [-0.4, -0.2) is 94.7 Å². The average molecular weight is 588 g/mol. The standard InChI is InChI=1S/C33H57N5O4/c1-21(2)27(20-23(5)31(41)38-19-13-17-26(38)29(39)34-24-14-12-15-24)36(9)32(42)28(33(6,7)8)35-30(40)25-16-10-11-18-37(25)22(3)4/h20-22,24-28H,10-19H2,1-9H3,(H,34,39)(H,35,40)/b23-20+/t25?,26?,27-,28?/m1/s1. The Labute approximate surface area is 254 Å². The zero-order valence-electron chi connectivity index (χ0n) is 27.7. The second-order valence-corrected chi connectivity index (χ2v) is 14.5. The molecule has 0 spiro atoms. The molecule has 3 rings (SSSR count). The second-order valence-electron chi connectivity index (χ2n) is 14.5. The van der Waals surface area contributed by atoms with E-state index in [2.05, 4.69) is 29.4 Å². The summed E-state index contributed by atoms with van der Waals surface area (Å²) < 4.78 is 0. The molecule has 2 aliphatic heterocycles. The van der Waals surface area contributed by atoms with Crippen LogP contribution in [-0.2, 0) is 19.2 Å². The van der Waals surface area contributed by atoms with Gasteiger partial charge >= 0.3 is 0 Å². The van der Waals surface area contributed by atoms with Crippen molar-refractivity contribution >= 4 is 23.6 Å². The third-order valence-electron chi connectivity index (χ3n) is 9.41. The Morgan fingerprint density at radius 3 is 2.05 bits per heavy atom. The molecule has 1 saturated carbocycles. The first kappa shape index (κ1) is 34.1. The summed E-state index contributed by atoms with van der Waals surface area (Å²) in [5.41, 5.74) is 0.0215. The predicted octanol–water partition coefficient (Wildman–Crippen LogP) is 3.87. The Hall–Kier alpha value is -2.42. The molecule has 3 unspecified atom stereocenters. The number of hydrogen-bond acceptors (Lipinski definition) is 5. The van der Waals surface area contributed by atoms with E-state index in [4.69, 9.17) is 0 Å². The molecule has 9 nitrogen and oxygen atoms in total. The Morgan fingerprint density at radius 1 is 0.857 bits per heavy atom. The van der Waals surface area contributed by atoms with Gasteiger partial charge in [0.1, 0.15) is 12.1 Å². The lowest BCUT2D eigenvalue weighted by Crippen LogP contribution is -2.60. The minimum absolute atomic E-state index is 0.0316. The molecule has 0 aromatic rings. The zero-order chi connectivity index (χ0) is 31.4. The molecule has 1 aliphatic carbocycles. The summed E-state index contributed by atoms with van der Waals surface area (Å²) in [5.74, 6) is -0.433. The number of piperidine rings is 1. The Kier molecular flexibility index (Phi) is 11.7. The van der Waals surface area contributed by atoms with Crippen molar-refractivity contribution in [1.82, 2.24) is 25.3 Å². The number of hydrogen-bond donors (Lipinski definition) is 2. The van der Waals surface area contributed by atoms with Crippen LogP contribution in [0.25, 0.3) is 0 Å². The van der Waals surface area contributed by atoms with Crippen molar-refractivity contribution in [2.75, 3.05) is 20.1 Å².